The predicted molar refractivity (Wildman–Crippen MR) is 110 cm³/mol. The lowest BCUT2D eigenvalue weighted by Crippen LogP contribution is -2.28. The Morgan fingerprint density at radius 2 is 1.59 bits per heavy atom. The van der Waals surface area contributed by atoms with Crippen LogP contribution >= 0.6 is 0 Å². The van der Waals surface area contributed by atoms with E-state index in [2.05, 4.69) is 34.8 Å². The van der Waals surface area contributed by atoms with E-state index in [0.29, 0.717) is 22.5 Å². The maximum atomic E-state index is 12.9. The number of nitrogens with one attached hydrogen (secondary N) is 1. The van der Waals surface area contributed by atoms with Gasteiger partial charge in [-0.05, 0) is 31.2 Å². The number of rotatable bonds is 8. The molecule has 2 aromatic heterocycles. The summed E-state index contributed by atoms with van der Waals surface area (Å²) in [6, 6.07) is 9.10. The summed E-state index contributed by atoms with van der Waals surface area (Å²) in [6.07, 6.45) is 2.72. The van der Waals surface area contributed by atoms with E-state index >= 15 is 0 Å². The number of hydrogen-bond acceptors (Lipinski definition) is 7. The van der Waals surface area contributed by atoms with E-state index in [1.807, 2.05) is 0 Å². The van der Waals surface area contributed by atoms with E-state index in [9.17, 15) is 22.4 Å². The first-order chi connectivity index (χ1) is 16.3. The van der Waals surface area contributed by atoms with Gasteiger partial charge in [-0.2, -0.15) is 22.7 Å². The number of benzene rings is 2. The maximum Gasteiger partial charge on any atom is 0.387 e. The van der Waals surface area contributed by atoms with Crippen molar-refractivity contribution in [3.8, 4) is 17.3 Å². The molecule has 1 amide bonds. The molecule has 176 valence electrons. The lowest BCUT2D eigenvalue weighted by Gasteiger charge is -2.18. The molecule has 9 nitrogen and oxygen atoms in total. The Balaban J connectivity index is 1.67. The van der Waals surface area contributed by atoms with E-state index < -0.39 is 36.7 Å². The topological polar surface area (TPSA) is 104 Å². The number of ether oxygens (including phenoxy) is 2. The summed E-state index contributed by atoms with van der Waals surface area (Å²) in [7, 11) is 0. The zero-order valence-electron chi connectivity index (χ0n) is 17.4. The smallest absolute Gasteiger partial charge is 0.387 e. The fourth-order valence-corrected chi connectivity index (χ4v) is 3.17. The summed E-state index contributed by atoms with van der Waals surface area (Å²) in [4.78, 5) is 25.9. The van der Waals surface area contributed by atoms with Crippen molar-refractivity contribution in [2.24, 2.45) is 0 Å². The minimum absolute atomic E-state index is 0.239. The Hall–Kier alpha value is -4.29. The number of nitrogens with zero attached hydrogens (tertiary/aromatic N) is 5. The zero-order chi connectivity index (χ0) is 24.2. The molecule has 0 aliphatic carbocycles. The number of para-hydroxylation sites is 2. The third kappa shape index (κ3) is 5.19. The highest BCUT2D eigenvalue weighted by Gasteiger charge is 2.21. The summed E-state index contributed by atoms with van der Waals surface area (Å²) >= 11 is 0. The largest absolute Gasteiger partial charge is 0.435 e. The molecular weight excluding hydrogens is 460 g/mol. The number of aromatic nitrogens is 5. The second-order valence-electron chi connectivity index (χ2n) is 6.91. The summed E-state index contributed by atoms with van der Waals surface area (Å²) < 4.78 is 60.5. The Morgan fingerprint density at radius 3 is 2.15 bits per heavy atom. The Kier molecular flexibility index (Phi) is 6.52. The third-order valence-electron chi connectivity index (χ3n) is 4.56. The highest BCUT2D eigenvalue weighted by Crippen LogP contribution is 2.27. The van der Waals surface area contributed by atoms with Gasteiger partial charge in [0.1, 0.15) is 29.8 Å². The molecule has 0 spiro atoms. The van der Waals surface area contributed by atoms with Crippen LogP contribution in [0.3, 0.4) is 0 Å². The molecule has 34 heavy (non-hydrogen) atoms. The average Bonchev–Trinajstić information content (AvgIpc) is 3.32. The maximum absolute atomic E-state index is 12.9. The molecule has 13 heteroatoms. The van der Waals surface area contributed by atoms with Crippen LogP contribution in [0.5, 0.6) is 11.5 Å². The number of carbonyl (C=O) groups excluding carboxylic acids is 1. The zero-order valence-corrected chi connectivity index (χ0v) is 17.4. The number of amides is 1. The van der Waals surface area contributed by atoms with Gasteiger partial charge in [0.05, 0.1) is 17.1 Å². The van der Waals surface area contributed by atoms with Crippen LogP contribution in [0, 0.1) is 0 Å². The second kappa shape index (κ2) is 9.68. The second-order valence-corrected chi connectivity index (χ2v) is 6.91. The van der Waals surface area contributed by atoms with E-state index in [-0.39, 0.29) is 5.56 Å². The fourth-order valence-electron chi connectivity index (χ4n) is 3.17. The predicted octanol–water partition coefficient (Wildman–Crippen LogP) is 3.90. The molecule has 1 unspecified atom stereocenters. The van der Waals surface area contributed by atoms with Crippen molar-refractivity contribution in [2.75, 3.05) is 0 Å². The van der Waals surface area contributed by atoms with Crippen molar-refractivity contribution in [3.63, 3.8) is 0 Å². The molecule has 1 N–H and O–H groups in total. The normalized spacial score (nSPS) is 12.2. The molecule has 0 aliphatic heterocycles. The van der Waals surface area contributed by atoms with Gasteiger partial charge in [0, 0.05) is 11.6 Å². The van der Waals surface area contributed by atoms with Crippen LogP contribution in [0.15, 0.2) is 55.1 Å². The van der Waals surface area contributed by atoms with Gasteiger partial charge < -0.3 is 14.8 Å². The first-order valence-corrected chi connectivity index (χ1v) is 9.77. The Morgan fingerprint density at radius 1 is 0.971 bits per heavy atom. The van der Waals surface area contributed by atoms with Crippen molar-refractivity contribution >= 4 is 16.9 Å². The number of alkyl halides is 4. The Bertz CT molecular complexity index is 1270. The summed E-state index contributed by atoms with van der Waals surface area (Å²) in [5.41, 5.74) is 1.24. The van der Waals surface area contributed by atoms with E-state index in [1.54, 1.807) is 31.2 Å². The highest BCUT2D eigenvalue weighted by atomic mass is 19.3. The van der Waals surface area contributed by atoms with Gasteiger partial charge in [0.2, 0.25) is 0 Å². The summed E-state index contributed by atoms with van der Waals surface area (Å²) in [5, 5.41) is 6.72. The molecule has 1 atom stereocenters. The average molecular weight is 476 g/mol. The summed E-state index contributed by atoms with van der Waals surface area (Å²) in [6.45, 7) is -4.84. The number of hydrogen-bond donors (Lipinski definition) is 1. The van der Waals surface area contributed by atoms with Crippen LogP contribution < -0.4 is 14.8 Å². The van der Waals surface area contributed by atoms with Crippen LogP contribution in [0.2, 0.25) is 0 Å². The lowest BCUT2D eigenvalue weighted by molar-refractivity contribution is -0.0543. The molecular formula is C21H16F4N6O3. The molecule has 0 fully saturated rings. The van der Waals surface area contributed by atoms with E-state index in [4.69, 9.17) is 0 Å². The number of halogens is 4. The van der Waals surface area contributed by atoms with Crippen LogP contribution in [0.4, 0.5) is 17.6 Å². The van der Waals surface area contributed by atoms with Crippen molar-refractivity contribution < 1.29 is 31.8 Å². The van der Waals surface area contributed by atoms with Crippen LogP contribution in [0.1, 0.15) is 29.0 Å². The first kappa shape index (κ1) is 22.9. The molecule has 2 aromatic carbocycles. The minimum atomic E-state index is -3.23. The van der Waals surface area contributed by atoms with E-state index in [1.165, 1.54) is 17.3 Å². The van der Waals surface area contributed by atoms with Crippen LogP contribution in [-0.2, 0) is 0 Å². The van der Waals surface area contributed by atoms with Gasteiger partial charge in [-0.1, -0.05) is 12.1 Å². The van der Waals surface area contributed by atoms with Crippen LogP contribution in [-0.4, -0.2) is 43.9 Å². The monoisotopic (exact) mass is 476 g/mol. The van der Waals surface area contributed by atoms with Gasteiger partial charge in [-0.25, -0.2) is 19.6 Å². The van der Waals surface area contributed by atoms with Crippen molar-refractivity contribution in [1.82, 2.24) is 30.0 Å². The molecule has 0 aliphatic rings. The molecule has 2 heterocycles. The van der Waals surface area contributed by atoms with Crippen molar-refractivity contribution in [1.29, 1.82) is 0 Å². The third-order valence-corrected chi connectivity index (χ3v) is 4.56. The molecule has 0 saturated carbocycles. The van der Waals surface area contributed by atoms with Crippen molar-refractivity contribution in [3.05, 3.63) is 66.4 Å². The lowest BCUT2D eigenvalue weighted by atomic mass is 10.1. The van der Waals surface area contributed by atoms with Crippen molar-refractivity contribution in [2.45, 2.75) is 26.2 Å². The van der Waals surface area contributed by atoms with Gasteiger partial charge in [-0.3, -0.25) is 4.79 Å². The summed E-state index contributed by atoms with van der Waals surface area (Å²) in [5.74, 6) is -1.49. The van der Waals surface area contributed by atoms with Gasteiger partial charge in [0.25, 0.3) is 5.91 Å². The molecule has 0 radical (unpaired) electrons. The number of fused-ring (bicyclic) bond motifs is 1. The fraction of sp³-hybridized carbons (Fsp3) is 0.190. The van der Waals surface area contributed by atoms with Gasteiger partial charge in [-0.15, -0.1) is 0 Å². The highest BCUT2D eigenvalue weighted by molar-refractivity contribution is 5.95. The van der Waals surface area contributed by atoms with E-state index in [0.717, 1.165) is 18.2 Å². The SMILES string of the molecule is CC(NC(=O)c1cc(OC(F)F)cc(OC(F)F)c1)c1nc2ccccc2nc1-n1cncn1. The van der Waals surface area contributed by atoms with Crippen LogP contribution in [0.25, 0.3) is 16.9 Å². The number of carbonyl (C=O) groups is 1. The standard InChI is InChI=1S/C21H16F4N6O3/c1-11(17-18(31-10-26-9-27-31)30-16-5-3-2-4-15(16)29-17)28-19(32)12-6-13(33-20(22)23)8-14(7-12)34-21(24)25/h2-11,20-21H,1H3,(H,28,32). The molecule has 0 saturated heterocycles. The van der Waals surface area contributed by atoms with Gasteiger partial charge >= 0.3 is 13.2 Å². The molecule has 0 bridgehead atoms. The minimum Gasteiger partial charge on any atom is -0.435 e. The Labute approximate surface area is 189 Å². The van der Waals surface area contributed by atoms with Gasteiger partial charge in [0.15, 0.2) is 5.82 Å². The molecule has 4 rings (SSSR count). The quantitative estimate of drug-likeness (QED) is 0.385. The first-order valence-electron chi connectivity index (χ1n) is 9.77. The molecule has 4 aromatic rings.